The number of anilines is 1. The topological polar surface area (TPSA) is 75.4 Å². The smallest absolute Gasteiger partial charge is 0.230 e. The SMILES string of the molecule is NC1(C(=O)CNc2ccccc2)C=CN2C(=O)C[C@H]2S1. The van der Waals surface area contributed by atoms with Crippen LogP contribution in [0.15, 0.2) is 42.6 Å². The van der Waals surface area contributed by atoms with Crippen LogP contribution in [0.4, 0.5) is 5.69 Å². The van der Waals surface area contributed by atoms with Crippen molar-refractivity contribution in [1.29, 1.82) is 0 Å². The fraction of sp³-hybridized carbons (Fsp3) is 0.286. The summed E-state index contributed by atoms with van der Waals surface area (Å²) >= 11 is 1.34. The van der Waals surface area contributed by atoms with Gasteiger partial charge >= 0.3 is 0 Å². The summed E-state index contributed by atoms with van der Waals surface area (Å²) < 4.78 is 0. The Labute approximate surface area is 121 Å². The van der Waals surface area contributed by atoms with Crippen molar-refractivity contribution in [2.45, 2.75) is 16.7 Å². The third-order valence-electron chi connectivity index (χ3n) is 3.42. The lowest BCUT2D eigenvalue weighted by atomic mass is 10.1. The third-order valence-corrected chi connectivity index (χ3v) is 4.84. The van der Waals surface area contributed by atoms with E-state index in [1.807, 2.05) is 30.3 Å². The molecule has 0 aliphatic carbocycles. The van der Waals surface area contributed by atoms with Crippen LogP contribution in [0, 0.1) is 0 Å². The highest BCUT2D eigenvalue weighted by molar-refractivity contribution is 8.02. The van der Waals surface area contributed by atoms with Gasteiger partial charge in [0.25, 0.3) is 0 Å². The lowest BCUT2D eigenvalue weighted by Crippen LogP contribution is -2.57. The molecule has 0 bridgehead atoms. The van der Waals surface area contributed by atoms with Crippen LogP contribution in [0.5, 0.6) is 0 Å². The summed E-state index contributed by atoms with van der Waals surface area (Å²) in [7, 11) is 0. The number of benzene rings is 1. The molecule has 3 N–H and O–H groups in total. The fourth-order valence-corrected chi connectivity index (χ4v) is 3.49. The van der Waals surface area contributed by atoms with Crippen LogP contribution in [0.1, 0.15) is 6.42 Å². The molecule has 0 spiro atoms. The van der Waals surface area contributed by atoms with E-state index in [1.165, 1.54) is 11.8 Å². The van der Waals surface area contributed by atoms with E-state index in [2.05, 4.69) is 5.32 Å². The monoisotopic (exact) mass is 289 g/mol. The summed E-state index contributed by atoms with van der Waals surface area (Å²) in [5.74, 6) is -0.0164. The summed E-state index contributed by atoms with van der Waals surface area (Å²) in [5, 5.41) is 3.06. The molecule has 20 heavy (non-hydrogen) atoms. The molecule has 1 fully saturated rings. The average molecular weight is 289 g/mol. The number of thioether (sulfide) groups is 1. The average Bonchev–Trinajstić information content (AvgIpc) is 2.45. The van der Waals surface area contributed by atoms with Crippen LogP contribution in [0.3, 0.4) is 0 Å². The predicted octanol–water partition coefficient (Wildman–Crippen LogP) is 1.14. The predicted molar refractivity (Wildman–Crippen MR) is 78.8 cm³/mol. The van der Waals surface area contributed by atoms with E-state index in [0.717, 1.165) is 5.69 Å². The van der Waals surface area contributed by atoms with Gasteiger partial charge < -0.3 is 16.0 Å². The largest absolute Gasteiger partial charge is 0.378 e. The second-order valence-electron chi connectivity index (χ2n) is 4.83. The zero-order valence-corrected chi connectivity index (χ0v) is 11.6. The number of nitrogens with one attached hydrogen (secondary N) is 1. The third kappa shape index (κ3) is 2.32. The molecule has 1 saturated heterocycles. The van der Waals surface area contributed by atoms with E-state index >= 15 is 0 Å². The van der Waals surface area contributed by atoms with Gasteiger partial charge in [-0.05, 0) is 18.2 Å². The molecule has 1 aromatic rings. The zero-order chi connectivity index (χ0) is 14.2. The van der Waals surface area contributed by atoms with E-state index in [1.54, 1.807) is 17.2 Å². The number of hydrogen-bond donors (Lipinski definition) is 2. The van der Waals surface area contributed by atoms with E-state index in [0.29, 0.717) is 6.42 Å². The van der Waals surface area contributed by atoms with Crippen molar-refractivity contribution in [2.24, 2.45) is 5.73 Å². The van der Waals surface area contributed by atoms with Gasteiger partial charge in [0.15, 0.2) is 5.78 Å². The van der Waals surface area contributed by atoms with E-state index in [4.69, 9.17) is 5.73 Å². The Kier molecular flexibility index (Phi) is 3.27. The highest BCUT2D eigenvalue weighted by atomic mass is 32.2. The van der Waals surface area contributed by atoms with E-state index in [-0.39, 0.29) is 23.6 Å². The van der Waals surface area contributed by atoms with Crippen molar-refractivity contribution in [1.82, 2.24) is 4.90 Å². The Balaban J connectivity index is 1.64. The van der Waals surface area contributed by atoms with Crippen molar-refractivity contribution in [3.05, 3.63) is 42.6 Å². The van der Waals surface area contributed by atoms with Crippen molar-refractivity contribution in [3.63, 3.8) is 0 Å². The number of rotatable bonds is 4. The Morgan fingerprint density at radius 2 is 2.20 bits per heavy atom. The van der Waals surface area contributed by atoms with Gasteiger partial charge in [0, 0.05) is 11.9 Å². The molecule has 1 aromatic carbocycles. The number of Topliss-reactive ketones (excluding diaryl/α,β-unsaturated/α-hetero) is 1. The Hall–Kier alpha value is -1.79. The molecule has 0 radical (unpaired) electrons. The molecule has 5 nitrogen and oxygen atoms in total. The van der Waals surface area contributed by atoms with Crippen molar-refractivity contribution in [2.75, 3.05) is 11.9 Å². The number of nitrogens with two attached hydrogens (primary N) is 1. The summed E-state index contributed by atoms with van der Waals surface area (Å²) in [6.45, 7) is 0.165. The lowest BCUT2D eigenvalue weighted by Gasteiger charge is -2.44. The molecule has 2 atom stereocenters. The van der Waals surface area contributed by atoms with Gasteiger partial charge in [-0.1, -0.05) is 18.2 Å². The first-order chi connectivity index (χ1) is 9.58. The molecular weight excluding hydrogens is 274 g/mol. The highest BCUT2D eigenvalue weighted by Gasteiger charge is 2.46. The number of carbonyl (C=O) groups excluding carboxylic acids is 2. The number of β-lactam (4-membered cyclic amide) rings is 1. The van der Waals surface area contributed by atoms with E-state index in [9.17, 15) is 9.59 Å². The number of hydrogen-bond acceptors (Lipinski definition) is 5. The molecule has 104 valence electrons. The maximum absolute atomic E-state index is 12.3. The molecule has 0 saturated carbocycles. The molecule has 2 aliphatic heterocycles. The van der Waals surface area contributed by atoms with Crippen molar-refractivity contribution < 1.29 is 9.59 Å². The standard InChI is InChI=1S/C14H15N3O2S/c15-14(6-7-17-12(19)8-13(17)20-14)11(18)9-16-10-4-2-1-3-5-10/h1-7,13,16H,8-9,15H2/t13-,14?/m1/s1. The van der Waals surface area contributed by atoms with E-state index < -0.39 is 4.87 Å². The number of para-hydroxylation sites is 1. The van der Waals surface area contributed by atoms with Gasteiger partial charge in [-0.15, -0.1) is 11.8 Å². The fourth-order valence-electron chi connectivity index (χ4n) is 2.17. The molecule has 3 rings (SSSR count). The van der Waals surface area contributed by atoms with Crippen molar-refractivity contribution in [3.8, 4) is 0 Å². The normalized spacial score (nSPS) is 27.8. The number of nitrogens with zero attached hydrogens (tertiary/aromatic N) is 1. The van der Waals surface area contributed by atoms with Crippen LogP contribution in [-0.2, 0) is 9.59 Å². The maximum atomic E-state index is 12.3. The molecule has 6 heteroatoms. The number of ketones is 1. The Morgan fingerprint density at radius 3 is 2.85 bits per heavy atom. The Bertz CT molecular complexity index is 575. The minimum atomic E-state index is -1.05. The van der Waals surface area contributed by atoms with Gasteiger partial charge in [0.05, 0.1) is 18.3 Å². The van der Waals surface area contributed by atoms with Crippen molar-refractivity contribution >= 4 is 29.1 Å². The van der Waals surface area contributed by atoms with Gasteiger partial charge in [-0.25, -0.2) is 0 Å². The second-order valence-corrected chi connectivity index (χ2v) is 6.28. The minimum absolute atomic E-state index is 0.00169. The summed E-state index contributed by atoms with van der Waals surface area (Å²) in [5.41, 5.74) is 7.03. The minimum Gasteiger partial charge on any atom is -0.378 e. The number of fused-ring (bicyclic) bond motifs is 1. The Morgan fingerprint density at radius 1 is 1.45 bits per heavy atom. The van der Waals surface area contributed by atoms with Gasteiger partial charge in [-0.3, -0.25) is 9.59 Å². The molecule has 1 unspecified atom stereocenters. The van der Waals surface area contributed by atoms with Crippen LogP contribution >= 0.6 is 11.8 Å². The molecule has 1 amide bonds. The molecular formula is C14H15N3O2S. The quantitative estimate of drug-likeness (QED) is 0.813. The van der Waals surface area contributed by atoms with Gasteiger partial charge in [0.2, 0.25) is 5.91 Å². The van der Waals surface area contributed by atoms with Gasteiger partial charge in [-0.2, -0.15) is 0 Å². The molecule has 2 heterocycles. The first-order valence-electron chi connectivity index (χ1n) is 6.38. The first-order valence-corrected chi connectivity index (χ1v) is 7.26. The summed E-state index contributed by atoms with van der Waals surface area (Å²) in [4.78, 5) is 24.1. The van der Waals surface area contributed by atoms with Gasteiger partial charge in [0.1, 0.15) is 4.87 Å². The van der Waals surface area contributed by atoms with Crippen LogP contribution in [-0.4, -0.2) is 33.4 Å². The molecule has 2 aliphatic rings. The first kappa shape index (κ1) is 13.2. The maximum Gasteiger partial charge on any atom is 0.230 e. The lowest BCUT2D eigenvalue weighted by molar-refractivity contribution is -0.138. The van der Waals surface area contributed by atoms with Crippen LogP contribution in [0.25, 0.3) is 0 Å². The van der Waals surface area contributed by atoms with Crippen LogP contribution < -0.4 is 11.1 Å². The number of carbonyl (C=O) groups is 2. The summed E-state index contributed by atoms with van der Waals surface area (Å²) in [6, 6.07) is 9.51. The summed E-state index contributed by atoms with van der Waals surface area (Å²) in [6.07, 6.45) is 3.70. The highest BCUT2D eigenvalue weighted by Crippen LogP contribution is 2.41. The number of amides is 1. The second kappa shape index (κ2) is 4.96. The van der Waals surface area contributed by atoms with Crippen LogP contribution in [0.2, 0.25) is 0 Å². The molecule has 0 aromatic heterocycles. The zero-order valence-electron chi connectivity index (χ0n) is 10.8.